The van der Waals surface area contributed by atoms with Crippen molar-refractivity contribution in [2.45, 2.75) is 13.3 Å². The van der Waals surface area contributed by atoms with Crippen molar-refractivity contribution in [2.75, 3.05) is 24.8 Å². The number of carbonyl (C=O) groups excluding carboxylic acids is 2. The molecular formula is C16H20N4O5. The maximum absolute atomic E-state index is 12.2. The first-order valence-corrected chi connectivity index (χ1v) is 7.68. The molecule has 0 aliphatic heterocycles. The Bertz CT molecular complexity index is 771. The monoisotopic (exact) mass is 348 g/mol. The van der Waals surface area contributed by atoms with Crippen LogP contribution in [0.5, 0.6) is 5.75 Å². The molecule has 0 unspecified atom stereocenters. The highest BCUT2D eigenvalue weighted by atomic mass is 16.6. The zero-order chi connectivity index (χ0) is 18.2. The van der Waals surface area contributed by atoms with Gasteiger partial charge in [-0.1, -0.05) is 18.2 Å². The van der Waals surface area contributed by atoms with Crippen LogP contribution in [0.2, 0.25) is 0 Å². The van der Waals surface area contributed by atoms with Crippen LogP contribution in [0.4, 0.5) is 9.59 Å². The van der Waals surface area contributed by atoms with Gasteiger partial charge in [-0.05, 0) is 19.1 Å². The summed E-state index contributed by atoms with van der Waals surface area (Å²) in [5.41, 5.74) is 6.07. The summed E-state index contributed by atoms with van der Waals surface area (Å²) in [6, 6.07) is 5.26. The quantitative estimate of drug-likeness (QED) is 0.445. The van der Waals surface area contributed by atoms with Crippen molar-refractivity contribution in [3.63, 3.8) is 0 Å². The first-order valence-electron chi connectivity index (χ1n) is 7.68. The van der Waals surface area contributed by atoms with E-state index < -0.39 is 12.2 Å². The number of aliphatic hydroxyl groups excluding tert-OH is 1. The van der Waals surface area contributed by atoms with Gasteiger partial charge in [-0.25, -0.2) is 24.3 Å². The molecule has 3 N–H and O–H groups in total. The van der Waals surface area contributed by atoms with Crippen LogP contribution in [-0.2, 0) is 4.74 Å². The second kappa shape index (κ2) is 8.69. The van der Waals surface area contributed by atoms with E-state index in [4.69, 9.17) is 15.6 Å². The number of imidazole rings is 1. The Hall–Kier alpha value is -3.07. The van der Waals surface area contributed by atoms with Crippen molar-refractivity contribution in [1.82, 2.24) is 9.66 Å². The molecule has 0 bridgehead atoms. The molecule has 25 heavy (non-hydrogen) atoms. The molecule has 0 fully saturated rings. The number of amides is 2. The summed E-state index contributed by atoms with van der Waals surface area (Å²) in [5.74, 6) is 0.487. The number of rotatable bonds is 7. The van der Waals surface area contributed by atoms with E-state index in [1.807, 2.05) is 0 Å². The SMILES string of the molecule is CC=CCN(C(=O)OC(N)=O)n1cnc2cccc(OCCCO)c21. The molecule has 9 nitrogen and oxygen atoms in total. The Morgan fingerprint density at radius 3 is 2.92 bits per heavy atom. The highest BCUT2D eigenvalue weighted by Gasteiger charge is 2.22. The largest absolute Gasteiger partial charge is 0.491 e. The van der Waals surface area contributed by atoms with Gasteiger partial charge in [0.05, 0.1) is 18.7 Å². The molecule has 0 atom stereocenters. The van der Waals surface area contributed by atoms with E-state index in [9.17, 15) is 9.59 Å². The molecule has 2 amide bonds. The fourth-order valence-corrected chi connectivity index (χ4v) is 2.16. The molecule has 0 aliphatic carbocycles. The van der Waals surface area contributed by atoms with Crippen molar-refractivity contribution >= 4 is 23.2 Å². The maximum Gasteiger partial charge on any atom is 0.438 e. The topological polar surface area (TPSA) is 120 Å². The number of carbonyl (C=O) groups is 2. The van der Waals surface area contributed by atoms with Crippen molar-refractivity contribution in [3.05, 3.63) is 36.7 Å². The molecule has 0 radical (unpaired) electrons. The number of aromatic nitrogens is 2. The number of allylic oxidation sites excluding steroid dienone is 1. The lowest BCUT2D eigenvalue weighted by Gasteiger charge is -2.22. The van der Waals surface area contributed by atoms with E-state index in [0.717, 1.165) is 0 Å². The van der Waals surface area contributed by atoms with Crippen LogP contribution in [-0.4, -0.2) is 46.7 Å². The Labute approximate surface area is 144 Å². The molecule has 1 aromatic heterocycles. The van der Waals surface area contributed by atoms with Crippen molar-refractivity contribution in [1.29, 1.82) is 0 Å². The Kier molecular flexibility index (Phi) is 6.35. The van der Waals surface area contributed by atoms with Gasteiger partial charge in [-0.2, -0.15) is 0 Å². The average Bonchev–Trinajstić information content (AvgIpc) is 3.00. The van der Waals surface area contributed by atoms with Crippen molar-refractivity contribution in [3.8, 4) is 5.75 Å². The van der Waals surface area contributed by atoms with E-state index in [1.54, 1.807) is 37.3 Å². The second-order valence-corrected chi connectivity index (χ2v) is 4.98. The van der Waals surface area contributed by atoms with Crippen LogP contribution in [0.1, 0.15) is 13.3 Å². The number of aliphatic hydroxyl groups is 1. The van der Waals surface area contributed by atoms with E-state index in [1.165, 1.54) is 16.0 Å². The van der Waals surface area contributed by atoms with E-state index in [2.05, 4.69) is 9.72 Å². The van der Waals surface area contributed by atoms with Gasteiger partial charge < -0.3 is 20.3 Å². The maximum atomic E-state index is 12.2. The van der Waals surface area contributed by atoms with Gasteiger partial charge in [0.25, 0.3) is 0 Å². The molecule has 1 heterocycles. The van der Waals surface area contributed by atoms with Crippen LogP contribution >= 0.6 is 0 Å². The molecule has 2 rings (SSSR count). The summed E-state index contributed by atoms with van der Waals surface area (Å²) < 4.78 is 11.6. The van der Waals surface area contributed by atoms with Crippen LogP contribution < -0.4 is 15.5 Å². The number of nitrogens with two attached hydrogens (primary N) is 1. The fraction of sp³-hybridized carbons (Fsp3) is 0.312. The minimum absolute atomic E-state index is 0.00754. The number of benzene rings is 1. The minimum atomic E-state index is -1.20. The summed E-state index contributed by atoms with van der Waals surface area (Å²) in [6.07, 6.45) is 3.23. The van der Waals surface area contributed by atoms with Gasteiger partial charge >= 0.3 is 12.2 Å². The Balaban J connectivity index is 2.43. The lowest BCUT2D eigenvalue weighted by molar-refractivity contribution is 0.158. The van der Waals surface area contributed by atoms with E-state index >= 15 is 0 Å². The molecule has 2 aromatic rings. The molecule has 0 saturated heterocycles. The molecule has 0 saturated carbocycles. The predicted octanol–water partition coefficient (Wildman–Crippen LogP) is 1.53. The number of fused-ring (bicyclic) bond motifs is 1. The molecule has 134 valence electrons. The van der Waals surface area contributed by atoms with Gasteiger partial charge in [0, 0.05) is 13.0 Å². The molecular weight excluding hydrogens is 328 g/mol. The molecule has 0 aliphatic rings. The van der Waals surface area contributed by atoms with Gasteiger partial charge in [0.2, 0.25) is 0 Å². The third-order valence-electron chi connectivity index (χ3n) is 3.25. The molecule has 0 spiro atoms. The Morgan fingerprint density at radius 2 is 2.24 bits per heavy atom. The summed E-state index contributed by atoms with van der Waals surface area (Å²) in [5, 5.41) is 10.1. The number of nitrogens with zero attached hydrogens (tertiary/aromatic N) is 3. The highest BCUT2D eigenvalue weighted by Crippen LogP contribution is 2.25. The summed E-state index contributed by atoms with van der Waals surface area (Å²) >= 11 is 0. The molecule has 9 heteroatoms. The second-order valence-electron chi connectivity index (χ2n) is 4.98. The lowest BCUT2D eigenvalue weighted by Crippen LogP contribution is -2.42. The van der Waals surface area contributed by atoms with Gasteiger partial charge in [0.1, 0.15) is 17.6 Å². The van der Waals surface area contributed by atoms with Crippen molar-refractivity contribution < 1.29 is 24.2 Å². The number of hydrogen-bond acceptors (Lipinski definition) is 6. The highest BCUT2D eigenvalue weighted by molar-refractivity contribution is 5.91. The summed E-state index contributed by atoms with van der Waals surface area (Å²) in [6.45, 7) is 2.25. The first-order chi connectivity index (χ1) is 12.1. The van der Waals surface area contributed by atoms with Gasteiger partial charge in [-0.15, -0.1) is 0 Å². The van der Waals surface area contributed by atoms with Crippen LogP contribution in [0.25, 0.3) is 11.0 Å². The zero-order valence-corrected chi connectivity index (χ0v) is 13.8. The third-order valence-corrected chi connectivity index (χ3v) is 3.25. The predicted molar refractivity (Wildman–Crippen MR) is 90.9 cm³/mol. The van der Waals surface area contributed by atoms with Gasteiger partial charge in [0.15, 0.2) is 0 Å². The number of ether oxygens (including phenoxy) is 2. The average molecular weight is 348 g/mol. The Morgan fingerprint density at radius 1 is 1.44 bits per heavy atom. The normalized spacial score (nSPS) is 11.0. The number of para-hydroxylation sites is 1. The van der Waals surface area contributed by atoms with E-state index in [-0.39, 0.29) is 13.2 Å². The van der Waals surface area contributed by atoms with Crippen LogP contribution in [0.3, 0.4) is 0 Å². The van der Waals surface area contributed by atoms with E-state index in [0.29, 0.717) is 29.8 Å². The van der Waals surface area contributed by atoms with Gasteiger partial charge in [-0.3, -0.25) is 0 Å². The lowest BCUT2D eigenvalue weighted by atomic mass is 10.3. The summed E-state index contributed by atoms with van der Waals surface area (Å²) in [4.78, 5) is 27.4. The third kappa shape index (κ3) is 4.48. The first kappa shape index (κ1) is 18.3. The number of primary amides is 1. The van der Waals surface area contributed by atoms with Crippen molar-refractivity contribution in [2.24, 2.45) is 5.73 Å². The summed E-state index contributed by atoms with van der Waals surface area (Å²) in [7, 11) is 0. The standard InChI is InChI=1S/C16H20N4O5/c1-2-3-8-19(16(23)25-15(17)22)20-11-18-12-6-4-7-13(14(12)20)24-10-5-9-21/h2-4,6-7,11,21H,5,8-10H2,1H3,(H2,17,22). The van der Waals surface area contributed by atoms with Crippen LogP contribution in [0, 0.1) is 0 Å². The number of hydrogen-bond donors (Lipinski definition) is 2. The van der Waals surface area contributed by atoms with Crippen LogP contribution in [0.15, 0.2) is 36.7 Å². The zero-order valence-electron chi connectivity index (χ0n) is 13.8. The minimum Gasteiger partial charge on any atom is -0.491 e. The fourth-order valence-electron chi connectivity index (χ4n) is 2.16. The smallest absolute Gasteiger partial charge is 0.438 e. The molecule has 1 aromatic carbocycles.